The molecule has 1 aromatic rings. The van der Waals surface area contributed by atoms with Gasteiger partial charge in [-0.1, -0.05) is 53.7 Å². The predicted octanol–water partition coefficient (Wildman–Crippen LogP) is 7.03. The van der Waals surface area contributed by atoms with Crippen LogP contribution in [0.2, 0.25) is 16.6 Å². The van der Waals surface area contributed by atoms with Gasteiger partial charge in [-0.05, 0) is 41.2 Å². The van der Waals surface area contributed by atoms with Crippen LogP contribution < -0.4 is 0 Å². The summed E-state index contributed by atoms with van der Waals surface area (Å²) >= 11 is 0. The van der Waals surface area contributed by atoms with E-state index in [0.29, 0.717) is 16.6 Å². The van der Waals surface area contributed by atoms with Crippen LogP contribution in [0, 0.1) is 11.5 Å². The maximum absolute atomic E-state index is 12.7. The van der Waals surface area contributed by atoms with Gasteiger partial charge in [-0.25, -0.2) is 0 Å². The molecule has 0 N–H and O–H groups in total. The van der Waals surface area contributed by atoms with Gasteiger partial charge in [-0.3, -0.25) is 0 Å². The van der Waals surface area contributed by atoms with Gasteiger partial charge < -0.3 is 0 Å². The minimum Gasteiger partial charge on any atom is -0.166 e. The first-order valence-electron chi connectivity index (χ1n) is 8.62. The molecule has 0 bridgehead atoms. The predicted molar refractivity (Wildman–Crippen MR) is 98.7 cm³/mol. The normalized spacial score (nSPS) is 14.0. The third kappa shape index (κ3) is 4.45. The Balaban J connectivity index is 3.14. The van der Waals surface area contributed by atoms with Crippen molar-refractivity contribution in [2.24, 2.45) is 0 Å². The quantitative estimate of drug-likeness (QED) is 0.402. The van der Waals surface area contributed by atoms with Crippen molar-refractivity contribution in [2.45, 2.75) is 77.2 Å². The molecule has 0 saturated carbocycles. The maximum Gasteiger partial charge on any atom is 0.416 e. The standard InChI is InChI=1S/C20H29F3Si/c1-14(2)24(15(3)4,16(5)6)13-12-17(7)18-8-10-19(11-9-18)20(21,22)23/h8-11,14-17H,1-7H3. The van der Waals surface area contributed by atoms with Crippen molar-refractivity contribution in [2.75, 3.05) is 0 Å². The summed E-state index contributed by atoms with van der Waals surface area (Å²) in [7, 11) is -1.81. The van der Waals surface area contributed by atoms with Gasteiger partial charge in [0.1, 0.15) is 8.07 Å². The molecular formula is C20H29F3Si. The molecule has 0 heterocycles. The van der Waals surface area contributed by atoms with E-state index in [1.165, 1.54) is 0 Å². The molecule has 0 saturated heterocycles. The average Bonchev–Trinajstić information content (AvgIpc) is 2.45. The molecule has 0 aliphatic heterocycles. The average molecular weight is 355 g/mol. The summed E-state index contributed by atoms with van der Waals surface area (Å²) in [6.45, 7) is 15.5. The van der Waals surface area contributed by atoms with Gasteiger partial charge in [0.05, 0.1) is 5.56 Å². The summed E-state index contributed by atoms with van der Waals surface area (Å²) in [6, 6.07) is 5.38. The monoisotopic (exact) mass is 354 g/mol. The van der Waals surface area contributed by atoms with Gasteiger partial charge in [0.15, 0.2) is 0 Å². The summed E-state index contributed by atoms with van der Waals surface area (Å²) in [5, 5.41) is 0. The molecule has 0 fully saturated rings. The van der Waals surface area contributed by atoms with E-state index in [2.05, 4.69) is 53.0 Å². The number of rotatable bonds is 4. The molecule has 0 aromatic heterocycles. The van der Waals surface area contributed by atoms with Crippen molar-refractivity contribution in [1.29, 1.82) is 0 Å². The molecule has 24 heavy (non-hydrogen) atoms. The molecule has 0 aliphatic rings. The fourth-order valence-corrected chi connectivity index (χ4v) is 9.04. The van der Waals surface area contributed by atoms with Crippen LogP contribution >= 0.6 is 0 Å². The lowest BCUT2D eigenvalue weighted by Gasteiger charge is -2.38. The Hall–Kier alpha value is -1.21. The lowest BCUT2D eigenvalue weighted by molar-refractivity contribution is -0.137. The summed E-state index contributed by atoms with van der Waals surface area (Å²) in [5.41, 5.74) is 5.51. The Morgan fingerprint density at radius 1 is 0.792 bits per heavy atom. The molecule has 1 unspecified atom stereocenters. The van der Waals surface area contributed by atoms with E-state index in [1.807, 2.05) is 6.92 Å². The third-order valence-corrected chi connectivity index (χ3v) is 11.4. The molecule has 0 aliphatic carbocycles. The van der Waals surface area contributed by atoms with E-state index in [9.17, 15) is 13.2 Å². The van der Waals surface area contributed by atoms with Crippen molar-refractivity contribution in [1.82, 2.24) is 0 Å². The van der Waals surface area contributed by atoms with E-state index in [4.69, 9.17) is 0 Å². The molecule has 0 spiro atoms. The Kier molecular flexibility index (Phi) is 6.75. The van der Waals surface area contributed by atoms with Gasteiger partial charge in [0, 0.05) is 5.92 Å². The van der Waals surface area contributed by atoms with Crippen LogP contribution in [-0.4, -0.2) is 8.07 Å². The van der Waals surface area contributed by atoms with Gasteiger partial charge in [0.25, 0.3) is 0 Å². The van der Waals surface area contributed by atoms with E-state index in [1.54, 1.807) is 12.1 Å². The summed E-state index contributed by atoms with van der Waals surface area (Å²) in [4.78, 5) is 0. The van der Waals surface area contributed by atoms with E-state index in [-0.39, 0.29) is 5.92 Å². The SMILES string of the molecule is CC(C#C[Si](C(C)C)(C(C)C)C(C)C)c1ccc(C(F)(F)F)cc1. The summed E-state index contributed by atoms with van der Waals surface area (Å²) < 4.78 is 38.0. The molecule has 0 nitrogen and oxygen atoms in total. The molecule has 134 valence electrons. The summed E-state index contributed by atoms with van der Waals surface area (Å²) in [5.74, 6) is 3.31. The Morgan fingerprint density at radius 2 is 1.21 bits per heavy atom. The largest absolute Gasteiger partial charge is 0.416 e. The van der Waals surface area contributed by atoms with Crippen molar-refractivity contribution < 1.29 is 13.2 Å². The first-order chi connectivity index (χ1) is 10.9. The number of halogens is 3. The zero-order valence-electron chi connectivity index (χ0n) is 15.8. The smallest absolute Gasteiger partial charge is 0.166 e. The topological polar surface area (TPSA) is 0 Å². The number of hydrogen-bond donors (Lipinski definition) is 0. The highest BCUT2D eigenvalue weighted by atomic mass is 28.3. The highest BCUT2D eigenvalue weighted by molar-refractivity contribution is 6.90. The van der Waals surface area contributed by atoms with Crippen LogP contribution in [0.4, 0.5) is 13.2 Å². The molecule has 0 radical (unpaired) electrons. The fourth-order valence-electron chi connectivity index (χ4n) is 3.71. The fraction of sp³-hybridized carbons (Fsp3) is 0.600. The lowest BCUT2D eigenvalue weighted by Crippen LogP contribution is -2.43. The second-order valence-electron chi connectivity index (χ2n) is 7.51. The second-order valence-corrected chi connectivity index (χ2v) is 13.1. The van der Waals surface area contributed by atoms with E-state index >= 15 is 0 Å². The number of benzene rings is 1. The highest BCUT2D eigenvalue weighted by Crippen LogP contribution is 2.41. The van der Waals surface area contributed by atoms with Crippen LogP contribution in [0.5, 0.6) is 0 Å². The lowest BCUT2D eigenvalue weighted by atomic mass is 10.0. The number of hydrogen-bond acceptors (Lipinski definition) is 0. The Labute approximate surface area is 145 Å². The van der Waals surface area contributed by atoms with Gasteiger partial charge in [-0.2, -0.15) is 13.2 Å². The van der Waals surface area contributed by atoms with Crippen molar-refractivity contribution >= 4 is 8.07 Å². The Morgan fingerprint density at radius 3 is 1.54 bits per heavy atom. The first-order valence-corrected chi connectivity index (χ1v) is 10.9. The molecule has 4 heteroatoms. The number of alkyl halides is 3. The van der Waals surface area contributed by atoms with E-state index in [0.717, 1.165) is 17.7 Å². The molecular weight excluding hydrogens is 325 g/mol. The summed E-state index contributed by atoms with van der Waals surface area (Å²) in [6.07, 6.45) is -4.29. The highest BCUT2D eigenvalue weighted by Gasteiger charge is 2.41. The zero-order chi connectivity index (χ0) is 18.7. The second kappa shape index (κ2) is 7.78. The first kappa shape index (κ1) is 20.8. The molecule has 1 aromatic carbocycles. The van der Waals surface area contributed by atoms with Crippen LogP contribution in [-0.2, 0) is 6.18 Å². The van der Waals surface area contributed by atoms with E-state index < -0.39 is 19.8 Å². The minimum absolute atomic E-state index is 0.0598. The van der Waals surface area contributed by atoms with Crippen LogP contribution in [0.1, 0.15) is 65.5 Å². The zero-order valence-corrected chi connectivity index (χ0v) is 16.8. The molecule has 0 amide bonds. The van der Waals surface area contributed by atoms with Crippen LogP contribution in [0.15, 0.2) is 24.3 Å². The maximum atomic E-state index is 12.7. The van der Waals surface area contributed by atoms with Crippen LogP contribution in [0.25, 0.3) is 0 Å². The molecule has 1 rings (SSSR count). The third-order valence-electron chi connectivity index (χ3n) is 5.11. The van der Waals surface area contributed by atoms with Crippen molar-refractivity contribution in [3.05, 3.63) is 35.4 Å². The van der Waals surface area contributed by atoms with Gasteiger partial charge in [-0.15, -0.1) is 11.5 Å². The Bertz CT molecular complexity index is 564. The minimum atomic E-state index is -4.29. The van der Waals surface area contributed by atoms with Gasteiger partial charge >= 0.3 is 6.18 Å². The van der Waals surface area contributed by atoms with Gasteiger partial charge in [0.2, 0.25) is 0 Å². The van der Waals surface area contributed by atoms with Crippen molar-refractivity contribution in [3.63, 3.8) is 0 Å². The van der Waals surface area contributed by atoms with Crippen LogP contribution in [0.3, 0.4) is 0 Å². The molecule has 1 atom stereocenters. The van der Waals surface area contributed by atoms with Crippen molar-refractivity contribution in [3.8, 4) is 11.5 Å².